The first-order valence-electron chi connectivity index (χ1n) is 27.3. The number of fused-ring (bicyclic) bond motifs is 8. The predicted octanol–water partition coefficient (Wildman–Crippen LogP) is 9.40. The fraction of sp³-hybridized carbons (Fsp3) is 0.581. The van der Waals surface area contributed by atoms with Gasteiger partial charge in [0.2, 0.25) is 0 Å². The first-order valence-corrected chi connectivity index (χ1v) is 27.3. The van der Waals surface area contributed by atoms with Gasteiger partial charge in [0.15, 0.2) is 13.2 Å². The summed E-state index contributed by atoms with van der Waals surface area (Å²) in [6.07, 6.45) is 2.91. The van der Waals surface area contributed by atoms with Gasteiger partial charge in [0.05, 0.1) is 26.4 Å². The highest BCUT2D eigenvalue weighted by atomic mass is 16.5. The summed E-state index contributed by atoms with van der Waals surface area (Å²) in [6, 6.07) is 17.1. The van der Waals surface area contributed by atoms with Crippen LogP contribution in [0.25, 0.3) is 0 Å². The number of ether oxygens (including phenoxy) is 4. The van der Waals surface area contributed by atoms with Gasteiger partial charge in [-0.05, 0) is 114 Å². The number of hydrogen-bond donors (Lipinski definition) is 4. The molecule has 0 radical (unpaired) electrons. The van der Waals surface area contributed by atoms with Crippen molar-refractivity contribution in [2.45, 2.75) is 143 Å². The summed E-state index contributed by atoms with van der Waals surface area (Å²) < 4.78 is 24.5. The second-order valence-electron chi connectivity index (χ2n) is 25.1. The van der Waals surface area contributed by atoms with E-state index in [4.69, 9.17) is 18.9 Å². The molecule has 12 heteroatoms. The normalized spacial score (nSPS) is 16.2. The average Bonchev–Trinajstić information content (AvgIpc) is 3.32. The summed E-state index contributed by atoms with van der Waals surface area (Å²) in [5, 5.41) is 31.6. The Morgan fingerprint density at radius 3 is 0.973 bits per heavy atom. The number of carbonyl (C=O) groups is 2. The first kappa shape index (κ1) is 56.6. The summed E-state index contributed by atoms with van der Waals surface area (Å²) in [5.74, 6) is 1.10. The Balaban J connectivity index is 1.35. The van der Waals surface area contributed by atoms with Crippen molar-refractivity contribution < 1.29 is 38.7 Å². The molecule has 4 N–H and O–H groups in total. The van der Waals surface area contributed by atoms with Crippen LogP contribution < -0.4 is 20.1 Å². The lowest BCUT2D eigenvalue weighted by Crippen LogP contribution is -2.38. The third-order valence-electron chi connectivity index (χ3n) is 14.9. The molecule has 1 aliphatic carbocycles. The number of benzene rings is 4. The molecular formula is C62H88N4O8. The van der Waals surface area contributed by atoms with E-state index in [1.54, 1.807) is 0 Å². The molecule has 4 aromatic rings. The summed E-state index contributed by atoms with van der Waals surface area (Å²) in [6.45, 7) is 35.2. The molecule has 0 atom stereocenters. The summed E-state index contributed by atoms with van der Waals surface area (Å²) in [5.41, 5.74) is 9.50. The zero-order valence-electron chi connectivity index (χ0n) is 47.0. The maximum absolute atomic E-state index is 13.7. The maximum atomic E-state index is 13.7. The van der Waals surface area contributed by atoms with E-state index in [9.17, 15) is 19.8 Å². The number of phenols is 2. The van der Waals surface area contributed by atoms with E-state index in [1.165, 1.54) is 0 Å². The number of nitrogens with zero attached hydrogens (tertiary/aromatic N) is 2. The van der Waals surface area contributed by atoms with Gasteiger partial charge in [0.25, 0.3) is 11.8 Å². The molecule has 0 saturated carbocycles. The van der Waals surface area contributed by atoms with Gasteiger partial charge in [0, 0.05) is 65.0 Å². The van der Waals surface area contributed by atoms with Crippen molar-refractivity contribution in [1.82, 2.24) is 20.4 Å². The zero-order valence-corrected chi connectivity index (χ0v) is 47.0. The van der Waals surface area contributed by atoms with Gasteiger partial charge in [-0.3, -0.25) is 19.4 Å². The fourth-order valence-corrected chi connectivity index (χ4v) is 10.1. The van der Waals surface area contributed by atoms with Crippen LogP contribution >= 0.6 is 0 Å². The molecule has 2 amide bonds. The van der Waals surface area contributed by atoms with Gasteiger partial charge in [-0.2, -0.15) is 0 Å². The van der Waals surface area contributed by atoms with Crippen LogP contribution in [0, 0.1) is 0 Å². The van der Waals surface area contributed by atoms with Gasteiger partial charge in [-0.15, -0.1) is 0 Å². The number of hydrogen-bond acceptors (Lipinski definition) is 10. The van der Waals surface area contributed by atoms with E-state index >= 15 is 0 Å². The van der Waals surface area contributed by atoms with Crippen molar-refractivity contribution in [3.63, 3.8) is 0 Å². The number of morpholine rings is 2. The van der Waals surface area contributed by atoms with Gasteiger partial charge < -0.3 is 39.8 Å². The minimum absolute atomic E-state index is 0.182. The number of nitrogens with one attached hydrogen (secondary N) is 2. The lowest BCUT2D eigenvalue weighted by Gasteiger charge is -2.28. The molecule has 3 aliphatic rings. The number of amides is 2. The van der Waals surface area contributed by atoms with Crippen LogP contribution in [0.3, 0.4) is 0 Å². The Hall–Kier alpha value is -5.14. The van der Waals surface area contributed by atoms with Crippen LogP contribution in [0.4, 0.5) is 0 Å². The number of rotatable bonds is 14. The topological polar surface area (TPSA) is 142 Å². The van der Waals surface area contributed by atoms with Gasteiger partial charge in [-0.1, -0.05) is 132 Å². The monoisotopic (exact) mass is 1020 g/mol. The van der Waals surface area contributed by atoms with E-state index in [0.29, 0.717) is 50.3 Å². The van der Waals surface area contributed by atoms with Crippen molar-refractivity contribution in [3.8, 4) is 23.0 Å². The largest absolute Gasteiger partial charge is 0.507 e. The van der Waals surface area contributed by atoms with Gasteiger partial charge >= 0.3 is 0 Å². The zero-order chi connectivity index (χ0) is 53.6. The second-order valence-corrected chi connectivity index (χ2v) is 25.1. The molecule has 4 aromatic carbocycles. The lowest BCUT2D eigenvalue weighted by atomic mass is 9.79. The Morgan fingerprint density at radius 1 is 0.459 bits per heavy atom. The third-order valence-corrected chi connectivity index (χ3v) is 14.9. The van der Waals surface area contributed by atoms with E-state index in [-0.39, 0.29) is 58.2 Å². The Labute approximate surface area is 442 Å². The van der Waals surface area contributed by atoms with Crippen LogP contribution in [0.2, 0.25) is 0 Å². The van der Waals surface area contributed by atoms with Crippen LogP contribution in [0.1, 0.15) is 163 Å². The fourth-order valence-electron chi connectivity index (χ4n) is 10.1. The van der Waals surface area contributed by atoms with E-state index < -0.39 is 0 Å². The highest BCUT2D eigenvalue weighted by molar-refractivity contribution is 5.78. The molecular weight excluding hydrogens is 929 g/mol. The molecule has 2 fully saturated rings. The van der Waals surface area contributed by atoms with Crippen molar-refractivity contribution >= 4 is 11.8 Å². The summed E-state index contributed by atoms with van der Waals surface area (Å²) in [4.78, 5) is 32.0. The molecule has 404 valence electrons. The Bertz CT molecular complexity index is 2320. The molecule has 0 spiro atoms. The number of aromatic hydroxyl groups is 2. The molecule has 2 saturated heterocycles. The van der Waals surface area contributed by atoms with E-state index in [2.05, 4.69) is 152 Å². The molecule has 12 nitrogen and oxygen atoms in total. The summed E-state index contributed by atoms with van der Waals surface area (Å²) in [7, 11) is 0. The lowest BCUT2D eigenvalue weighted by molar-refractivity contribution is -0.123. The van der Waals surface area contributed by atoms with Gasteiger partial charge in [0.1, 0.15) is 23.0 Å². The molecule has 74 heavy (non-hydrogen) atoms. The number of phenolic OH excluding ortho intramolecular Hbond substituents is 2. The minimum atomic E-state index is -0.279. The van der Waals surface area contributed by atoms with Crippen molar-refractivity contribution in [2.75, 3.05) is 92.0 Å². The van der Waals surface area contributed by atoms with Crippen molar-refractivity contribution in [1.29, 1.82) is 0 Å². The van der Waals surface area contributed by atoms with Crippen LogP contribution in [0.5, 0.6) is 23.0 Å². The van der Waals surface area contributed by atoms with Crippen molar-refractivity contribution in [3.05, 3.63) is 115 Å². The van der Waals surface area contributed by atoms with E-state index in [0.717, 1.165) is 145 Å². The Kier molecular flexibility index (Phi) is 18.2. The molecule has 2 aliphatic heterocycles. The predicted molar refractivity (Wildman–Crippen MR) is 296 cm³/mol. The molecule has 0 aromatic heterocycles. The molecule has 8 bridgehead atoms. The smallest absolute Gasteiger partial charge is 0.257 e. The van der Waals surface area contributed by atoms with E-state index in [1.807, 2.05) is 0 Å². The molecule has 0 unspecified atom stereocenters. The molecule has 7 rings (SSSR count). The van der Waals surface area contributed by atoms with Gasteiger partial charge in [-0.25, -0.2) is 0 Å². The van der Waals surface area contributed by atoms with Crippen LogP contribution in [0.15, 0.2) is 48.5 Å². The average molecular weight is 1020 g/mol. The number of carbonyl (C=O) groups excluding carboxylic acids is 2. The second kappa shape index (κ2) is 23.8. The highest BCUT2D eigenvalue weighted by Crippen LogP contribution is 2.44. The third kappa shape index (κ3) is 15.0. The molecule has 2 heterocycles. The minimum Gasteiger partial charge on any atom is -0.507 e. The SMILES string of the molecule is CC(C)(C)c1cc2c(O)c(c1)Cc1cc(C(C)(C)C)cc(c1OCC(=O)NCCCN1CCOCC1)Cc1cc(C(C)(C)C)cc(c1O)Cc1cc(C(C)(C)C)cc(c1OCC(=O)NCCCN1CCOCC1)C2. The quantitative estimate of drug-likeness (QED) is 0.0796. The van der Waals surface area contributed by atoms with Crippen molar-refractivity contribution in [2.24, 2.45) is 0 Å². The van der Waals surface area contributed by atoms with Crippen LogP contribution in [-0.4, -0.2) is 124 Å². The van der Waals surface area contributed by atoms with Crippen LogP contribution in [-0.2, 0) is 66.4 Å². The highest BCUT2D eigenvalue weighted by Gasteiger charge is 2.29. The first-order chi connectivity index (χ1) is 34.8. The summed E-state index contributed by atoms with van der Waals surface area (Å²) >= 11 is 0. The Morgan fingerprint density at radius 2 is 0.716 bits per heavy atom. The standard InChI is InChI=1S/C62H88N4O8/c1-59(2,3)49-31-41-27-45-35-51(61(7,8)9)37-47(57(45)73-39-53(67)63-15-13-17-65-19-23-71-24-20-65)29-43-33-50(60(4,5)6)34-44(56(43)70)30-48-38-52(62(10,11)12)36-46(28-42(32-49)55(41)69)58(48)74-40-54(68)64-16-14-18-66-21-25-72-26-22-66/h31-38,69-70H,13-30,39-40H2,1-12H3,(H,63,67)(H,64,68). The maximum Gasteiger partial charge on any atom is 0.257 e.